The molecule has 0 unspecified atom stereocenters. The van der Waals surface area contributed by atoms with Crippen molar-refractivity contribution < 1.29 is 17.9 Å². The zero-order valence-corrected chi connectivity index (χ0v) is 17.3. The molecular formula is C24H24FNO3S. The number of sulfonamides is 1. The zero-order chi connectivity index (χ0) is 21.2. The number of rotatable bonds is 5. The molecule has 4 rings (SSSR count). The monoisotopic (exact) mass is 425 g/mol. The summed E-state index contributed by atoms with van der Waals surface area (Å²) in [5.74, 6) is -0.918. The van der Waals surface area contributed by atoms with Crippen LogP contribution in [0.2, 0.25) is 0 Å². The van der Waals surface area contributed by atoms with Crippen molar-refractivity contribution in [3.05, 3.63) is 102 Å². The molecule has 0 radical (unpaired) electrons. The smallest absolute Gasteiger partial charge is 0.245 e. The van der Waals surface area contributed by atoms with Crippen LogP contribution in [0.3, 0.4) is 0 Å². The van der Waals surface area contributed by atoms with E-state index in [0.29, 0.717) is 12.8 Å². The van der Waals surface area contributed by atoms with Crippen LogP contribution in [0.4, 0.5) is 4.39 Å². The molecule has 1 fully saturated rings. The molecule has 1 N–H and O–H groups in total. The minimum absolute atomic E-state index is 0.172. The third-order valence-electron chi connectivity index (χ3n) is 5.93. The Labute approximate surface area is 176 Å². The normalized spacial score (nSPS) is 16.5. The summed E-state index contributed by atoms with van der Waals surface area (Å²) in [4.78, 5) is -0.301. The second-order valence-corrected chi connectivity index (χ2v) is 9.51. The highest BCUT2D eigenvalue weighted by molar-refractivity contribution is 7.89. The molecule has 4 nitrogen and oxygen atoms in total. The third kappa shape index (κ3) is 3.67. The number of hydrogen-bond donors (Lipinski definition) is 1. The van der Waals surface area contributed by atoms with Gasteiger partial charge in [0.05, 0.1) is 0 Å². The van der Waals surface area contributed by atoms with Gasteiger partial charge in [-0.05, 0) is 42.0 Å². The first-order valence-corrected chi connectivity index (χ1v) is 11.5. The summed E-state index contributed by atoms with van der Waals surface area (Å²) in [7, 11) is -3.91. The fourth-order valence-electron chi connectivity index (χ4n) is 4.33. The Balaban J connectivity index is 1.62. The summed E-state index contributed by atoms with van der Waals surface area (Å²) in [5, 5.41) is 11.9. The van der Waals surface area contributed by atoms with E-state index >= 15 is 0 Å². The Bertz CT molecular complexity index is 1060. The molecule has 156 valence electrons. The predicted octanol–water partition coefficient (Wildman–Crippen LogP) is 4.16. The van der Waals surface area contributed by atoms with Gasteiger partial charge in [0, 0.05) is 13.1 Å². The highest BCUT2D eigenvalue weighted by atomic mass is 32.2. The van der Waals surface area contributed by atoms with Gasteiger partial charge in [-0.3, -0.25) is 0 Å². The number of nitrogens with zero attached hydrogens (tertiary/aromatic N) is 1. The van der Waals surface area contributed by atoms with E-state index in [9.17, 15) is 17.9 Å². The molecule has 0 aromatic heterocycles. The van der Waals surface area contributed by atoms with Crippen molar-refractivity contribution in [3.8, 4) is 0 Å². The van der Waals surface area contributed by atoms with E-state index in [0.717, 1.165) is 17.2 Å². The lowest BCUT2D eigenvalue weighted by molar-refractivity contribution is -0.00532. The molecule has 1 aliphatic heterocycles. The first-order chi connectivity index (χ1) is 14.4. The quantitative estimate of drug-likeness (QED) is 0.668. The Morgan fingerprint density at radius 3 is 1.77 bits per heavy atom. The minimum Gasteiger partial charge on any atom is -0.380 e. The number of hydrogen-bond acceptors (Lipinski definition) is 3. The molecule has 1 aliphatic rings. The Morgan fingerprint density at radius 2 is 1.27 bits per heavy atom. The standard InChI is InChI=1S/C24H24FNO3S/c25-22-13-7-8-14-23(22)30(28,29)26-17-15-21(16-18-26)24(27,19-9-3-1-4-10-19)20-11-5-2-6-12-20/h1-14,21,27H,15-18H2. The molecule has 0 bridgehead atoms. The van der Waals surface area contributed by atoms with Crippen LogP contribution in [0.15, 0.2) is 89.8 Å². The van der Waals surface area contributed by atoms with Crippen LogP contribution in [0.25, 0.3) is 0 Å². The lowest BCUT2D eigenvalue weighted by Gasteiger charge is -2.42. The number of piperidine rings is 1. The molecule has 0 saturated carbocycles. The van der Waals surface area contributed by atoms with Gasteiger partial charge in [0.1, 0.15) is 16.3 Å². The van der Waals surface area contributed by atoms with Gasteiger partial charge >= 0.3 is 0 Å². The second-order valence-electron chi connectivity index (χ2n) is 7.61. The van der Waals surface area contributed by atoms with Gasteiger partial charge < -0.3 is 5.11 Å². The average Bonchev–Trinajstić information content (AvgIpc) is 2.80. The maximum atomic E-state index is 14.1. The molecule has 1 saturated heterocycles. The van der Waals surface area contributed by atoms with E-state index in [1.165, 1.54) is 22.5 Å². The molecule has 1 heterocycles. The van der Waals surface area contributed by atoms with Crippen molar-refractivity contribution >= 4 is 10.0 Å². The number of aliphatic hydroxyl groups is 1. The second kappa shape index (κ2) is 8.30. The van der Waals surface area contributed by atoms with Crippen molar-refractivity contribution in [3.63, 3.8) is 0 Å². The first-order valence-electron chi connectivity index (χ1n) is 10.0. The third-order valence-corrected chi connectivity index (χ3v) is 7.86. The molecule has 0 spiro atoms. The topological polar surface area (TPSA) is 57.6 Å². The van der Waals surface area contributed by atoms with Gasteiger partial charge in [0.25, 0.3) is 0 Å². The Hall–Kier alpha value is -2.54. The summed E-state index contributed by atoms with van der Waals surface area (Å²) < 4.78 is 41.3. The van der Waals surface area contributed by atoms with Crippen LogP contribution < -0.4 is 0 Å². The minimum atomic E-state index is -3.91. The first kappa shape index (κ1) is 20.7. The van der Waals surface area contributed by atoms with E-state index < -0.39 is 21.4 Å². The van der Waals surface area contributed by atoms with E-state index in [2.05, 4.69) is 0 Å². The molecular weight excluding hydrogens is 401 g/mol. The summed E-state index contributed by atoms with van der Waals surface area (Å²) in [6.45, 7) is 0.451. The fourth-order valence-corrected chi connectivity index (χ4v) is 5.86. The van der Waals surface area contributed by atoms with Gasteiger partial charge in [-0.15, -0.1) is 0 Å². The van der Waals surface area contributed by atoms with Crippen LogP contribution in [0.5, 0.6) is 0 Å². The van der Waals surface area contributed by atoms with Crippen molar-refractivity contribution in [2.24, 2.45) is 5.92 Å². The van der Waals surface area contributed by atoms with Crippen LogP contribution >= 0.6 is 0 Å². The van der Waals surface area contributed by atoms with Gasteiger partial charge in [0.2, 0.25) is 10.0 Å². The maximum Gasteiger partial charge on any atom is 0.245 e. The van der Waals surface area contributed by atoms with E-state index in [4.69, 9.17) is 0 Å². The molecule has 3 aromatic carbocycles. The molecule has 6 heteroatoms. The van der Waals surface area contributed by atoms with E-state index in [1.807, 2.05) is 60.7 Å². The van der Waals surface area contributed by atoms with Gasteiger partial charge in [-0.25, -0.2) is 12.8 Å². The predicted molar refractivity (Wildman–Crippen MR) is 114 cm³/mol. The van der Waals surface area contributed by atoms with Crippen molar-refractivity contribution in [1.82, 2.24) is 4.31 Å². The molecule has 0 aliphatic carbocycles. The van der Waals surface area contributed by atoms with Crippen LogP contribution in [-0.4, -0.2) is 30.9 Å². The maximum absolute atomic E-state index is 14.1. The van der Waals surface area contributed by atoms with Crippen LogP contribution in [0, 0.1) is 11.7 Å². The summed E-state index contributed by atoms with van der Waals surface area (Å²) >= 11 is 0. The molecule has 3 aromatic rings. The lowest BCUT2D eigenvalue weighted by atomic mass is 9.72. The van der Waals surface area contributed by atoms with Crippen LogP contribution in [0.1, 0.15) is 24.0 Å². The highest BCUT2D eigenvalue weighted by Gasteiger charge is 2.43. The SMILES string of the molecule is O=S(=O)(c1ccccc1F)N1CCC(C(O)(c2ccccc2)c2ccccc2)CC1. The summed E-state index contributed by atoms with van der Waals surface area (Å²) in [6.07, 6.45) is 0.932. The fraction of sp³-hybridized carbons (Fsp3) is 0.250. The zero-order valence-electron chi connectivity index (χ0n) is 16.5. The van der Waals surface area contributed by atoms with E-state index in [-0.39, 0.29) is 23.9 Å². The molecule has 0 amide bonds. The van der Waals surface area contributed by atoms with Gasteiger partial charge in [0.15, 0.2) is 0 Å². The van der Waals surface area contributed by atoms with Crippen molar-refractivity contribution in [2.45, 2.75) is 23.3 Å². The molecule has 30 heavy (non-hydrogen) atoms. The number of benzene rings is 3. The largest absolute Gasteiger partial charge is 0.380 e. The molecule has 0 atom stereocenters. The average molecular weight is 426 g/mol. The van der Waals surface area contributed by atoms with Crippen molar-refractivity contribution in [2.75, 3.05) is 13.1 Å². The Kier molecular flexibility index (Phi) is 5.73. The van der Waals surface area contributed by atoms with Crippen molar-refractivity contribution in [1.29, 1.82) is 0 Å². The summed E-state index contributed by atoms with van der Waals surface area (Å²) in [5.41, 5.74) is 0.342. The highest BCUT2D eigenvalue weighted by Crippen LogP contribution is 2.42. The van der Waals surface area contributed by atoms with E-state index in [1.54, 1.807) is 0 Å². The number of halogens is 1. The Morgan fingerprint density at radius 1 is 0.800 bits per heavy atom. The van der Waals surface area contributed by atoms with Gasteiger partial charge in [-0.2, -0.15) is 4.31 Å². The van der Waals surface area contributed by atoms with Gasteiger partial charge in [-0.1, -0.05) is 72.8 Å². The summed E-state index contributed by atoms with van der Waals surface area (Å²) in [6, 6.07) is 24.4. The lowest BCUT2D eigenvalue weighted by Crippen LogP contribution is -2.46. The van der Waals surface area contributed by atoms with Crippen LogP contribution in [-0.2, 0) is 15.6 Å².